The molecule has 0 fully saturated rings. The highest BCUT2D eigenvalue weighted by Gasteiger charge is 2.28. The monoisotopic (exact) mass is 258 g/mol. The Morgan fingerprint density at radius 1 is 1.69 bits per heavy atom. The summed E-state index contributed by atoms with van der Waals surface area (Å²) in [5.74, 6) is 0. The zero-order valence-electron chi connectivity index (χ0n) is 7.54. The van der Waals surface area contributed by atoms with Crippen LogP contribution in [0, 0.1) is 16.7 Å². The molecule has 13 heavy (non-hydrogen) atoms. The predicted molar refractivity (Wildman–Crippen MR) is 58.3 cm³/mol. The number of nitriles is 1. The van der Waals surface area contributed by atoms with Crippen molar-refractivity contribution in [1.82, 2.24) is 0 Å². The Kier molecular flexibility index (Phi) is 3.12. The lowest BCUT2D eigenvalue weighted by atomic mass is 9.86. The minimum atomic E-state index is -0.510. The van der Waals surface area contributed by atoms with Gasteiger partial charge in [0.15, 0.2) is 0 Å². The highest BCUT2D eigenvalue weighted by molar-refractivity contribution is 9.10. The summed E-state index contributed by atoms with van der Waals surface area (Å²) >= 11 is 4.94. The molecule has 4 heteroatoms. The molecule has 0 saturated heterocycles. The van der Waals surface area contributed by atoms with Gasteiger partial charge in [-0.1, -0.05) is 0 Å². The topological polar surface area (TPSA) is 49.8 Å². The third-order valence-corrected chi connectivity index (χ3v) is 3.74. The van der Waals surface area contributed by atoms with Gasteiger partial charge in [-0.25, -0.2) is 0 Å². The largest absolute Gasteiger partial charge is 0.322 e. The van der Waals surface area contributed by atoms with Crippen LogP contribution in [-0.2, 0) is 0 Å². The summed E-state index contributed by atoms with van der Waals surface area (Å²) in [4.78, 5) is 1.04. The number of nitrogens with two attached hydrogens (primary N) is 1. The van der Waals surface area contributed by atoms with Gasteiger partial charge in [-0.05, 0) is 35.8 Å². The third-order valence-electron chi connectivity index (χ3n) is 1.96. The molecule has 0 saturated carbocycles. The maximum Gasteiger partial charge on any atom is 0.0718 e. The average Bonchev–Trinajstić information content (AvgIpc) is 2.50. The van der Waals surface area contributed by atoms with Crippen molar-refractivity contribution in [3.05, 3.63) is 20.8 Å². The average molecular weight is 259 g/mol. The lowest BCUT2D eigenvalue weighted by Gasteiger charge is -2.22. The number of nitrogens with zero attached hydrogens (tertiary/aromatic N) is 1. The maximum atomic E-state index is 8.90. The summed E-state index contributed by atoms with van der Waals surface area (Å²) in [7, 11) is 0. The first kappa shape index (κ1) is 10.7. The van der Waals surface area contributed by atoms with E-state index in [-0.39, 0.29) is 6.04 Å². The zero-order chi connectivity index (χ0) is 10.1. The van der Waals surface area contributed by atoms with E-state index in [1.165, 1.54) is 0 Å². The van der Waals surface area contributed by atoms with Gasteiger partial charge in [-0.2, -0.15) is 5.26 Å². The summed E-state index contributed by atoms with van der Waals surface area (Å²) in [6, 6.07) is 3.97. The molecule has 0 aliphatic heterocycles. The van der Waals surface area contributed by atoms with Crippen molar-refractivity contribution in [2.45, 2.75) is 19.9 Å². The molecule has 0 spiro atoms. The van der Waals surface area contributed by atoms with E-state index in [4.69, 9.17) is 11.0 Å². The molecule has 1 rings (SSSR count). The molecule has 1 unspecified atom stereocenters. The second kappa shape index (κ2) is 3.79. The van der Waals surface area contributed by atoms with E-state index in [9.17, 15) is 0 Å². The summed E-state index contributed by atoms with van der Waals surface area (Å²) in [6.07, 6.45) is 0. The molecule has 0 aliphatic rings. The summed E-state index contributed by atoms with van der Waals surface area (Å²) in [5.41, 5.74) is 5.45. The molecular formula is C9H11BrN2S. The second-order valence-corrected chi connectivity index (χ2v) is 5.34. The molecule has 1 aromatic heterocycles. The van der Waals surface area contributed by atoms with Crippen LogP contribution in [0.1, 0.15) is 24.8 Å². The molecule has 0 aliphatic carbocycles. The van der Waals surface area contributed by atoms with Gasteiger partial charge in [0.25, 0.3) is 0 Å². The second-order valence-electron chi connectivity index (χ2n) is 3.48. The SMILES string of the molecule is CC(C)(C#N)C(N)c1cc(Br)cs1. The van der Waals surface area contributed by atoms with Crippen molar-refractivity contribution in [3.63, 3.8) is 0 Å². The first-order valence-corrected chi connectivity index (χ1v) is 5.55. The molecule has 2 nitrogen and oxygen atoms in total. The quantitative estimate of drug-likeness (QED) is 0.887. The Labute approximate surface area is 90.5 Å². The molecular weight excluding hydrogens is 248 g/mol. The Morgan fingerprint density at radius 2 is 2.31 bits per heavy atom. The minimum absolute atomic E-state index is 0.214. The highest BCUT2D eigenvalue weighted by Crippen LogP contribution is 2.34. The van der Waals surface area contributed by atoms with Crippen LogP contribution < -0.4 is 5.73 Å². The van der Waals surface area contributed by atoms with Crippen molar-refractivity contribution in [3.8, 4) is 6.07 Å². The Morgan fingerprint density at radius 3 is 2.69 bits per heavy atom. The van der Waals surface area contributed by atoms with Gasteiger partial charge < -0.3 is 5.73 Å². The van der Waals surface area contributed by atoms with Gasteiger partial charge in [0, 0.05) is 14.7 Å². The Bertz CT molecular complexity index is 338. The van der Waals surface area contributed by atoms with Gasteiger partial charge in [0.1, 0.15) is 0 Å². The summed E-state index contributed by atoms with van der Waals surface area (Å²) in [6.45, 7) is 3.70. The molecule has 0 radical (unpaired) electrons. The lowest BCUT2D eigenvalue weighted by Crippen LogP contribution is -2.26. The fraction of sp³-hybridized carbons (Fsp3) is 0.444. The van der Waals surface area contributed by atoms with E-state index in [1.54, 1.807) is 11.3 Å². The van der Waals surface area contributed by atoms with Crippen molar-refractivity contribution in [2.24, 2.45) is 11.1 Å². The predicted octanol–water partition coefficient (Wildman–Crippen LogP) is 3.06. The van der Waals surface area contributed by atoms with Crippen LogP contribution >= 0.6 is 27.3 Å². The lowest BCUT2D eigenvalue weighted by molar-refractivity contribution is 0.398. The van der Waals surface area contributed by atoms with E-state index in [0.717, 1.165) is 9.35 Å². The number of rotatable bonds is 2. The van der Waals surface area contributed by atoms with E-state index >= 15 is 0 Å². The van der Waals surface area contributed by atoms with Crippen LogP contribution in [0.15, 0.2) is 15.9 Å². The van der Waals surface area contributed by atoms with Gasteiger partial charge in [0.2, 0.25) is 0 Å². The van der Waals surface area contributed by atoms with Crippen LogP contribution in [0.4, 0.5) is 0 Å². The van der Waals surface area contributed by atoms with Gasteiger partial charge in [-0.3, -0.25) is 0 Å². The minimum Gasteiger partial charge on any atom is -0.322 e. The summed E-state index contributed by atoms with van der Waals surface area (Å²) < 4.78 is 1.02. The van der Waals surface area contributed by atoms with Crippen LogP contribution in [-0.4, -0.2) is 0 Å². The van der Waals surface area contributed by atoms with Crippen molar-refractivity contribution < 1.29 is 0 Å². The third kappa shape index (κ3) is 2.31. The molecule has 0 aromatic carbocycles. The maximum absolute atomic E-state index is 8.90. The number of hydrogen-bond donors (Lipinski definition) is 1. The molecule has 1 aromatic rings. The molecule has 70 valence electrons. The molecule has 1 atom stereocenters. The van der Waals surface area contributed by atoms with Crippen LogP contribution in [0.2, 0.25) is 0 Å². The van der Waals surface area contributed by atoms with Gasteiger partial charge in [0.05, 0.1) is 17.5 Å². The molecule has 2 N–H and O–H groups in total. The zero-order valence-corrected chi connectivity index (χ0v) is 9.95. The number of hydrogen-bond acceptors (Lipinski definition) is 3. The number of halogens is 1. The normalized spacial score (nSPS) is 13.8. The fourth-order valence-electron chi connectivity index (χ4n) is 0.917. The highest BCUT2D eigenvalue weighted by atomic mass is 79.9. The van der Waals surface area contributed by atoms with E-state index in [0.29, 0.717) is 0 Å². The Balaban J connectivity index is 2.92. The first-order valence-electron chi connectivity index (χ1n) is 3.88. The van der Waals surface area contributed by atoms with Crippen LogP contribution in [0.3, 0.4) is 0 Å². The van der Waals surface area contributed by atoms with E-state index in [1.807, 2.05) is 25.3 Å². The smallest absolute Gasteiger partial charge is 0.0718 e. The summed E-state index contributed by atoms with van der Waals surface area (Å²) in [5, 5.41) is 10.9. The molecule has 0 bridgehead atoms. The van der Waals surface area contributed by atoms with Crippen molar-refractivity contribution in [2.75, 3.05) is 0 Å². The standard InChI is InChI=1S/C9H11BrN2S/c1-9(2,5-11)8(12)7-3-6(10)4-13-7/h3-4,8H,12H2,1-2H3. The van der Waals surface area contributed by atoms with Crippen molar-refractivity contribution >= 4 is 27.3 Å². The van der Waals surface area contributed by atoms with Crippen LogP contribution in [0.25, 0.3) is 0 Å². The van der Waals surface area contributed by atoms with Crippen LogP contribution in [0.5, 0.6) is 0 Å². The van der Waals surface area contributed by atoms with E-state index < -0.39 is 5.41 Å². The van der Waals surface area contributed by atoms with Gasteiger partial charge in [-0.15, -0.1) is 11.3 Å². The first-order chi connectivity index (χ1) is 5.97. The molecule has 0 amide bonds. The fourth-order valence-corrected chi connectivity index (χ4v) is 2.55. The van der Waals surface area contributed by atoms with E-state index in [2.05, 4.69) is 22.0 Å². The van der Waals surface area contributed by atoms with Crippen molar-refractivity contribution in [1.29, 1.82) is 5.26 Å². The number of thiophene rings is 1. The molecule has 1 heterocycles. The Hall–Kier alpha value is -0.370. The van der Waals surface area contributed by atoms with Gasteiger partial charge >= 0.3 is 0 Å².